The van der Waals surface area contributed by atoms with Crippen LogP contribution in [0.4, 0.5) is 9.52 Å². The van der Waals surface area contributed by atoms with Gasteiger partial charge in [0.25, 0.3) is 0 Å². The van der Waals surface area contributed by atoms with Gasteiger partial charge in [0, 0.05) is 37.6 Å². The Labute approximate surface area is 121 Å². The Hall–Kier alpha value is -1.53. The summed E-state index contributed by atoms with van der Waals surface area (Å²) in [7, 11) is 0. The average Bonchev–Trinajstić information content (AvgIpc) is 2.74. The second kappa shape index (κ2) is 6.28. The van der Waals surface area contributed by atoms with E-state index in [0.29, 0.717) is 6.42 Å². The molecule has 3 rings (SSSR count). The van der Waals surface area contributed by atoms with Gasteiger partial charge in [-0.3, -0.25) is 0 Å². The van der Waals surface area contributed by atoms with Gasteiger partial charge in [-0.1, -0.05) is 12.1 Å². The Bertz CT molecular complexity index is 547. The molecule has 0 aliphatic carbocycles. The Kier molecular flexibility index (Phi) is 4.22. The zero-order valence-corrected chi connectivity index (χ0v) is 12.0. The second-order valence-corrected chi connectivity index (χ2v) is 5.62. The number of rotatable bonds is 3. The monoisotopic (exact) mass is 292 g/mol. The lowest BCUT2D eigenvalue weighted by Gasteiger charge is -2.17. The topological polar surface area (TPSA) is 41.1 Å². The van der Waals surface area contributed by atoms with E-state index in [2.05, 4.69) is 19.6 Å². The molecule has 1 aliphatic heterocycles. The summed E-state index contributed by atoms with van der Waals surface area (Å²) in [5.41, 5.74) is 1.04. The molecule has 1 aromatic carbocycles. The Morgan fingerprint density at radius 3 is 2.90 bits per heavy atom. The molecule has 0 saturated carbocycles. The van der Waals surface area contributed by atoms with Crippen molar-refractivity contribution in [2.75, 3.05) is 31.1 Å². The highest BCUT2D eigenvalue weighted by atomic mass is 32.1. The van der Waals surface area contributed by atoms with Crippen LogP contribution in [0, 0.1) is 5.82 Å². The van der Waals surface area contributed by atoms with Crippen molar-refractivity contribution in [3.05, 3.63) is 41.5 Å². The summed E-state index contributed by atoms with van der Waals surface area (Å²) >= 11 is 1.45. The molecule has 6 heteroatoms. The van der Waals surface area contributed by atoms with Crippen LogP contribution < -0.4 is 10.2 Å². The van der Waals surface area contributed by atoms with Crippen LogP contribution in [0.25, 0.3) is 0 Å². The van der Waals surface area contributed by atoms with Gasteiger partial charge in [0.2, 0.25) is 5.13 Å². The van der Waals surface area contributed by atoms with Crippen LogP contribution in [0.2, 0.25) is 0 Å². The van der Waals surface area contributed by atoms with Crippen molar-refractivity contribution in [2.45, 2.75) is 12.8 Å². The van der Waals surface area contributed by atoms with E-state index in [4.69, 9.17) is 0 Å². The summed E-state index contributed by atoms with van der Waals surface area (Å²) in [6.45, 7) is 4.06. The van der Waals surface area contributed by atoms with Crippen molar-refractivity contribution >= 4 is 16.7 Å². The molecule has 0 amide bonds. The van der Waals surface area contributed by atoms with Gasteiger partial charge >= 0.3 is 0 Å². The average molecular weight is 292 g/mol. The largest absolute Gasteiger partial charge is 0.346 e. The Morgan fingerprint density at radius 1 is 1.20 bits per heavy atom. The predicted molar refractivity (Wildman–Crippen MR) is 78.8 cm³/mol. The summed E-state index contributed by atoms with van der Waals surface area (Å²) < 4.78 is 17.3. The van der Waals surface area contributed by atoms with Gasteiger partial charge in [0.15, 0.2) is 0 Å². The number of nitrogens with one attached hydrogen (secondary N) is 1. The summed E-state index contributed by atoms with van der Waals surface area (Å²) in [6.07, 6.45) is 1.79. The van der Waals surface area contributed by atoms with E-state index in [1.807, 2.05) is 0 Å². The molecular weight excluding hydrogens is 275 g/mol. The lowest BCUT2D eigenvalue weighted by Crippen LogP contribution is -2.27. The summed E-state index contributed by atoms with van der Waals surface area (Å²) in [5.74, 6) is 0.603. The van der Waals surface area contributed by atoms with Crippen LogP contribution in [-0.4, -0.2) is 35.5 Å². The molecule has 0 atom stereocenters. The van der Waals surface area contributed by atoms with E-state index in [1.165, 1.54) is 23.7 Å². The van der Waals surface area contributed by atoms with Crippen LogP contribution in [0.5, 0.6) is 0 Å². The van der Waals surface area contributed by atoms with E-state index in [1.54, 1.807) is 12.1 Å². The van der Waals surface area contributed by atoms with Gasteiger partial charge in [-0.15, -0.1) is 0 Å². The maximum Gasteiger partial charge on any atom is 0.205 e. The number of aromatic nitrogens is 2. The molecule has 4 nitrogen and oxygen atoms in total. The second-order valence-electron chi connectivity index (χ2n) is 4.89. The zero-order chi connectivity index (χ0) is 13.8. The van der Waals surface area contributed by atoms with Gasteiger partial charge in [-0.2, -0.15) is 4.37 Å². The molecule has 1 N–H and O–H groups in total. The SMILES string of the molecule is Fc1ccc(Cc2nsc(N3CCCNCC3)n2)cc1. The first-order chi connectivity index (χ1) is 9.81. The zero-order valence-electron chi connectivity index (χ0n) is 11.2. The summed E-state index contributed by atoms with van der Waals surface area (Å²) in [4.78, 5) is 6.89. The fourth-order valence-electron chi connectivity index (χ4n) is 2.27. The maximum atomic E-state index is 12.9. The number of anilines is 1. The lowest BCUT2D eigenvalue weighted by molar-refractivity contribution is 0.627. The normalized spacial score (nSPS) is 16.1. The summed E-state index contributed by atoms with van der Waals surface area (Å²) in [5, 5.41) is 4.37. The van der Waals surface area contributed by atoms with E-state index >= 15 is 0 Å². The van der Waals surface area contributed by atoms with Crippen LogP contribution in [0.15, 0.2) is 24.3 Å². The maximum absolute atomic E-state index is 12.9. The third kappa shape index (κ3) is 3.32. The molecule has 1 aliphatic rings. The quantitative estimate of drug-likeness (QED) is 0.940. The molecule has 0 bridgehead atoms. The van der Waals surface area contributed by atoms with Crippen LogP contribution in [0.1, 0.15) is 17.8 Å². The first-order valence-corrected chi connectivity index (χ1v) is 7.61. The van der Waals surface area contributed by atoms with Crippen molar-refractivity contribution in [1.82, 2.24) is 14.7 Å². The molecule has 1 saturated heterocycles. The third-order valence-corrected chi connectivity index (χ3v) is 4.16. The van der Waals surface area contributed by atoms with Gasteiger partial charge < -0.3 is 10.2 Å². The lowest BCUT2D eigenvalue weighted by atomic mass is 10.1. The minimum absolute atomic E-state index is 0.210. The van der Waals surface area contributed by atoms with Crippen molar-refractivity contribution in [3.63, 3.8) is 0 Å². The first-order valence-electron chi connectivity index (χ1n) is 6.84. The Balaban J connectivity index is 1.68. The predicted octanol–water partition coefficient (Wildman–Crippen LogP) is 2.07. The Morgan fingerprint density at radius 2 is 2.05 bits per heavy atom. The van der Waals surface area contributed by atoms with Crippen LogP contribution in [-0.2, 0) is 6.42 Å². The van der Waals surface area contributed by atoms with Crippen molar-refractivity contribution in [2.24, 2.45) is 0 Å². The summed E-state index contributed by atoms with van der Waals surface area (Å²) in [6, 6.07) is 6.52. The fraction of sp³-hybridized carbons (Fsp3) is 0.429. The molecule has 106 valence electrons. The highest BCUT2D eigenvalue weighted by Gasteiger charge is 2.14. The number of benzene rings is 1. The highest BCUT2D eigenvalue weighted by molar-refractivity contribution is 7.09. The minimum Gasteiger partial charge on any atom is -0.346 e. The van der Waals surface area contributed by atoms with E-state index < -0.39 is 0 Å². The van der Waals surface area contributed by atoms with E-state index in [-0.39, 0.29) is 5.82 Å². The van der Waals surface area contributed by atoms with Gasteiger partial charge in [-0.05, 0) is 30.7 Å². The molecule has 20 heavy (non-hydrogen) atoms. The highest BCUT2D eigenvalue weighted by Crippen LogP contribution is 2.19. The van der Waals surface area contributed by atoms with Crippen LogP contribution in [0.3, 0.4) is 0 Å². The van der Waals surface area contributed by atoms with Crippen molar-refractivity contribution in [1.29, 1.82) is 0 Å². The number of nitrogens with zero attached hydrogens (tertiary/aromatic N) is 3. The molecule has 1 aromatic heterocycles. The molecule has 0 radical (unpaired) electrons. The van der Waals surface area contributed by atoms with Gasteiger partial charge in [0.1, 0.15) is 11.6 Å². The fourth-order valence-corrected chi connectivity index (χ4v) is 3.00. The van der Waals surface area contributed by atoms with Gasteiger partial charge in [-0.25, -0.2) is 9.37 Å². The molecule has 1 fully saturated rings. The molecular formula is C14H17FN4S. The standard InChI is InChI=1S/C14H17FN4S/c15-12-4-2-11(3-5-12)10-13-17-14(20-18-13)19-8-1-6-16-7-9-19/h2-5,16H,1,6-10H2. The number of hydrogen-bond donors (Lipinski definition) is 1. The molecule has 2 aromatic rings. The molecule has 2 heterocycles. The number of halogens is 1. The van der Waals surface area contributed by atoms with E-state index in [0.717, 1.165) is 49.1 Å². The minimum atomic E-state index is -0.210. The van der Waals surface area contributed by atoms with E-state index in [9.17, 15) is 4.39 Å². The van der Waals surface area contributed by atoms with Crippen molar-refractivity contribution in [3.8, 4) is 0 Å². The first kappa shape index (κ1) is 13.5. The van der Waals surface area contributed by atoms with Crippen LogP contribution >= 0.6 is 11.5 Å². The van der Waals surface area contributed by atoms with Crippen molar-refractivity contribution < 1.29 is 4.39 Å². The smallest absolute Gasteiger partial charge is 0.205 e. The molecule has 0 unspecified atom stereocenters. The molecule has 0 spiro atoms. The number of hydrogen-bond acceptors (Lipinski definition) is 5. The third-order valence-electron chi connectivity index (χ3n) is 3.34. The van der Waals surface area contributed by atoms with Gasteiger partial charge in [0.05, 0.1) is 0 Å².